The van der Waals surface area contributed by atoms with E-state index in [0.717, 1.165) is 24.5 Å². The summed E-state index contributed by atoms with van der Waals surface area (Å²) in [6.07, 6.45) is 4.84. The minimum absolute atomic E-state index is 0.519. The summed E-state index contributed by atoms with van der Waals surface area (Å²) >= 11 is 0. The van der Waals surface area contributed by atoms with Gasteiger partial charge in [0.2, 0.25) is 0 Å². The first-order valence-corrected chi connectivity index (χ1v) is 6.43. The Balaban J connectivity index is 2.35. The van der Waals surface area contributed by atoms with E-state index in [-0.39, 0.29) is 0 Å². The Kier molecular flexibility index (Phi) is 7.23. The van der Waals surface area contributed by atoms with Crippen molar-refractivity contribution < 1.29 is 9.47 Å². The molecule has 3 heteroatoms. The van der Waals surface area contributed by atoms with E-state index in [1.807, 2.05) is 24.3 Å². The zero-order valence-corrected chi connectivity index (χ0v) is 10.7. The highest BCUT2D eigenvalue weighted by Crippen LogP contribution is 2.26. The van der Waals surface area contributed by atoms with Crippen molar-refractivity contribution in [1.29, 1.82) is 0 Å². The summed E-state index contributed by atoms with van der Waals surface area (Å²) in [6.45, 7) is 4.00. The second kappa shape index (κ2) is 8.88. The highest BCUT2D eigenvalue weighted by molar-refractivity contribution is 5.39. The van der Waals surface area contributed by atoms with Gasteiger partial charge in [0.1, 0.15) is 6.61 Å². The predicted molar refractivity (Wildman–Crippen MR) is 70.6 cm³/mol. The van der Waals surface area contributed by atoms with Gasteiger partial charge >= 0.3 is 0 Å². The molecule has 0 bridgehead atoms. The van der Waals surface area contributed by atoms with Crippen LogP contribution in [-0.4, -0.2) is 19.8 Å². The van der Waals surface area contributed by atoms with Crippen LogP contribution in [0.3, 0.4) is 0 Å². The van der Waals surface area contributed by atoms with Crippen LogP contribution in [0.1, 0.15) is 32.6 Å². The summed E-state index contributed by atoms with van der Waals surface area (Å²) < 4.78 is 11.2. The molecule has 0 unspecified atom stereocenters. The molecule has 0 aromatic heterocycles. The number of para-hydroxylation sites is 2. The molecule has 0 atom stereocenters. The fourth-order valence-corrected chi connectivity index (χ4v) is 1.57. The standard InChI is InChI=1S/C14H23NO2/c1-2-3-4-7-11-16-13-8-5-6-9-14(13)17-12-10-15/h5-6,8-9H,2-4,7,10-12,15H2,1H3. The van der Waals surface area contributed by atoms with Crippen molar-refractivity contribution in [3.63, 3.8) is 0 Å². The fourth-order valence-electron chi connectivity index (χ4n) is 1.57. The highest BCUT2D eigenvalue weighted by Gasteiger charge is 2.03. The summed E-state index contributed by atoms with van der Waals surface area (Å²) in [7, 11) is 0. The smallest absolute Gasteiger partial charge is 0.161 e. The van der Waals surface area contributed by atoms with Gasteiger partial charge in [-0.2, -0.15) is 0 Å². The lowest BCUT2D eigenvalue weighted by Crippen LogP contribution is -2.11. The van der Waals surface area contributed by atoms with E-state index in [0.29, 0.717) is 13.2 Å². The fraction of sp³-hybridized carbons (Fsp3) is 0.571. The molecule has 3 nitrogen and oxygen atoms in total. The van der Waals surface area contributed by atoms with E-state index in [2.05, 4.69) is 6.92 Å². The van der Waals surface area contributed by atoms with Crippen LogP contribution >= 0.6 is 0 Å². The van der Waals surface area contributed by atoms with Crippen molar-refractivity contribution in [2.24, 2.45) is 5.73 Å². The van der Waals surface area contributed by atoms with Crippen molar-refractivity contribution in [3.05, 3.63) is 24.3 Å². The van der Waals surface area contributed by atoms with Crippen molar-refractivity contribution in [2.75, 3.05) is 19.8 Å². The largest absolute Gasteiger partial charge is 0.490 e. The van der Waals surface area contributed by atoms with Crippen LogP contribution in [0, 0.1) is 0 Å². The SMILES string of the molecule is CCCCCCOc1ccccc1OCCN. The topological polar surface area (TPSA) is 44.5 Å². The van der Waals surface area contributed by atoms with E-state index in [4.69, 9.17) is 15.2 Å². The van der Waals surface area contributed by atoms with Gasteiger partial charge in [0.15, 0.2) is 11.5 Å². The maximum Gasteiger partial charge on any atom is 0.161 e. The third-order valence-corrected chi connectivity index (χ3v) is 2.48. The van der Waals surface area contributed by atoms with Gasteiger partial charge in [-0.05, 0) is 18.6 Å². The number of nitrogens with two attached hydrogens (primary N) is 1. The molecule has 0 aliphatic carbocycles. The second-order valence-corrected chi connectivity index (χ2v) is 3.99. The van der Waals surface area contributed by atoms with Crippen molar-refractivity contribution in [1.82, 2.24) is 0 Å². The Morgan fingerprint density at radius 1 is 0.941 bits per heavy atom. The first kappa shape index (κ1) is 13.8. The number of hydrogen-bond acceptors (Lipinski definition) is 3. The van der Waals surface area contributed by atoms with Crippen molar-refractivity contribution in [2.45, 2.75) is 32.6 Å². The molecule has 1 aromatic carbocycles. The van der Waals surface area contributed by atoms with E-state index in [9.17, 15) is 0 Å². The van der Waals surface area contributed by atoms with Gasteiger partial charge in [-0.1, -0.05) is 38.3 Å². The van der Waals surface area contributed by atoms with Crippen LogP contribution in [-0.2, 0) is 0 Å². The van der Waals surface area contributed by atoms with Crippen molar-refractivity contribution in [3.8, 4) is 11.5 Å². The number of benzene rings is 1. The summed E-state index contributed by atoms with van der Waals surface area (Å²) in [5, 5.41) is 0. The third kappa shape index (κ3) is 5.59. The van der Waals surface area contributed by atoms with Crippen LogP contribution in [0.15, 0.2) is 24.3 Å². The molecule has 17 heavy (non-hydrogen) atoms. The molecule has 96 valence electrons. The molecule has 1 rings (SSSR count). The Morgan fingerprint density at radius 3 is 2.18 bits per heavy atom. The first-order chi connectivity index (χ1) is 8.38. The molecule has 0 spiro atoms. The lowest BCUT2D eigenvalue weighted by Gasteiger charge is -2.11. The third-order valence-electron chi connectivity index (χ3n) is 2.48. The van der Waals surface area contributed by atoms with Crippen LogP contribution in [0.4, 0.5) is 0 Å². The average Bonchev–Trinajstić information content (AvgIpc) is 2.37. The molecule has 0 heterocycles. The van der Waals surface area contributed by atoms with E-state index in [1.165, 1.54) is 19.3 Å². The van der Waals surface area contributed by atoms with Gasteiger partial charge in [0.05, 0.1) is 6.61 Å². The second-order valence-electron chi connectivity index (χ2n) is 3.99. The predicted octanol–water partition coefficient (Wildman–Crippen LogP) is 2.98. The maximum absolute atomic E-state index is 5.71. The summed E-state index contributed by atoms with van der Waals surface area (Å²) in [6, 6.07) is 7.75. The monoisotopic (exact) mass is 237 g/mol. The van der Waals surface area contributed by atoms with Crippen LogP contribution in [0.5, 0.6) is 11.5 Å². The van der Waals surface area contributed by atoms with Crippen molar-refractivity contribution >= 4 is 0 Å². The molecular weight excluding hydrogens is 214 g/mol. The Labute approximate surface area is 104 Å². The minimum Gasteiger partial charge on any atom is -0.490 e. The zero-order valence-electron chi connectivity index (χ0n) is 10.7. The number of ether oxygens (including phenoxy) is 2. The Hall–Kier alpha value is -1.22. The molecule has 0 amide bonds. The number of rotatable bonds is 9. The van der Waals surface area contributed by atoms with Gasteiger partial charge in [-0.15, -0.1) is 0 Å². The van der Waals surface area contributed by atoms with Crippen LogP contribution < -0.4 is 15.2 Å². The normalized spacial score (nSPS) is 10.2. The molecule has 0 aliphatic rings. The molecule has 2 N–H and O–H groups in total. The number of unbranched alkanes of at least 4 members (excludes halogenated alkanes) is 3. The lowest BCUT2D eigenvalue weighted by atomic mass is 10.2. The number of hydrogen-bond donors (Lipinski definition) is 1. The Bertz CT molecular complexity index is 302. The Morgan fingerprint density at radius 2 is 1.59 bits per heavy atom. The minimum atomic E-state index is 0.519. The van der Waals surface area contributed by atoms with Gasteiger partial charge in [0.25, 0.3) is 0 Å². The molecule has 0 radical (unpaired) electrons. The average molecular weight is 237 g/mol. The highest BCUT2D eigenvalue weighted by atomic mass is 16.5. The van der Waals surface area contributed by atoms with Crippen LogP contribution in [0.25, 0.3) is 0 Å². The quantitative estimate of drug-likeness (QED) is 0.671. The molecule has 0 saturated carbocycles. The van der Waals surface area contributed by atoms with E-state index < -0.39 is 0 Å². The summed E-state index contributed by atoms with van der Waals surface area (Å²) in [4.78, 5) is 0. The van der Waals surface area contributed by atoms with E-state index in [1.54, 1.807) is 0 Å². The van der Waals surface area contributed by atoms with E-state index >= 15 is 0 Å². The van der Waals surface area contributed by atoms with Crippen LogP contribution in [0.2, 0.25) is 0 Å². The summed E-state index contributed by atoms with van der Waals surface area (Å²) in [5.74, 6) is 1.60. The summed E-state index contributed by atoms with van der Waals surface area (Å²) in [5.41, 5.74) is 5.42. The lowest BCUT2D eigenvalue weighted by molar-refractivity contribution is 0.267. The molecular formula is C14H23NO2. The molecule has 0 fully saturated rings. The van der Waals surface area contributed by atoms with Gasteiger partial charge < -0.3 is 15.2 Å². The molecule has 0 aliphatic heterocycles. The van der Waals surface area contributed by atoms with Gasteiger partial charge in [-0.25, -0.2) is 0 Å². The molecule has 1 aromatic rings. The van der Waals surface area contributed by atoms with Gasteiger partial charge in [0, 0.05) is 6.54 Å². The first-order valence-electron chi connectivity index (χ1n) is 6.43. The maximum atomic E-state index is 5.71. The van der Waals surface area contributed by atoms with Gasteiger partial charge in [-0.3, -0.25) is 0 Å². The zero-order chi connectivity index (χ0) is 12.3. The molecule has 0 saturated heterocycles.